The topological polar surface area (TPSA) is 58.6 Å². The van der Waals surface area contributed by atoms with Crippen molar-refractivity contribution >= 4 is 23.4 Å². The van der Waals surface area contributed by atoms with Crippen molar-refractivity contribution in [1.82, 2.24) is 10.2 Å². The third-order valence-electron chi connectivity index (χ3n) is 4.69. The zero-order valence-corrected chi connectivity index (χ0v) is 18.4. The number of ether oxygens (including phenoxy) is 1. The minimum absolute atomic E-state index is 0.00587. The number of benzene rings is 2. The number of rotatable bonds is 8. The molecule has 2 aromatic rings. The van der Waals surface area contributed by atoms with Gasteiger partial charge in [-0.2, -0.15) is 0 Å². The van der Waals surface area contributed by atoms with Crippen LogP contribution in [0.1, 0.15) is 37.5 Å². The second kappa shape index (κ2) is 10.3. The molecule has 1 N–H and O–H groups in total. The second-order valence-corrected chi connectivity index (χ2v) is 7.89. The SMILES string of the molecule is Cc1cc(OCC(=O)N(Cc2ccccc2C)[C@@H](C)C(=O)NC(C)C)ccc1Cl. The van der Waals surface area contributed by atoms with Crippen molar-refractivity contribution in [2.75, 3.05) is 6.61 Å². The number of aryl methyl sites for hydroxylation is 2. The molecule has 6 heteroatoms. The van der Waals surface area contributed by atoms with Crippen LogP contribution in [0.15, 0.2) is 42.5 Å². The van der Waals surface area contributed by atoms with Crippen LogP contribution >= 0.6 is 11.6 Å². The summed E-state index contributed by atoms with van der Waals surface area (Å²) in [6, 6.07) is 12.5. The maximum atomic E-state index is 13.0. The van der Waals surface area contributed by atoms with Crippen LogP contribution in [0.2, 0.25) is 5.02 Å². The van der Waals surface area contributed by atoms with Crippen molar-refractivity contribution in [1.29, 1.82) is 0 Å². The van der Waals surface area contributed by atoms with E-state index in [1.165, 1.54) is 0 Å². The molecule has 0 aromatic heterocycles. The van der Waals surface area contributed by atoms with Crippen LogP contribution in [0.4, 0.5) is 0 Å². The molecule has 0 saturated carbocycles. The number of carbonyl (C=O) groups is 2. The molecule has 0 aliphatic heterocycles. The van der Waals surface area contributed by atoms with Gasteiger partial charge < -0.3 is 15.0 Å². The fraction of sp³-hybridized carbons (Fsp3) is 0.391. The average Bonchev–Trinajstić information content (AvgIpc) is 2.67. The third kappa shape index (κ3) is 6.50. The fourth-order valence-electron chi connectivity index (χ4n) is 2.89. The summed E-state index contributed by atoms with van der Waals surface area (Å²) < 4.78 is 5.68. The number of carbonyl (C=O) groups excluding carboxylic acids is 2. The molecule has 0 saturated heterocycles. The van der Waals surface area contributed by atoms with E-state index in [2.05, 4.69) is 5.32 Å². The standard InChI is InChI=1S/C23H29ClN2O3/c1-15(2)25-23(28)18(5)26(13-19-9-7-6-8-16(19)3)22(27)14-29-20-10-11-21(24)17(4)12-20/h6-12,15,18H,13-14H2,1-5H3,(H,25,28)/t18-/m0/s1. The van der Waals surface area contributed by atoms with E-state index >= 15 is 0 Å². The molecule has 2 rings (SSSR count). The molecule has 2 aromatic carbocycles. The molecule has 156 valence electrons. The van der Waals surface area contributed by atoms with Gasteiger partial charge in [0.1, 0.15) is 11.8 Å². The Morgan fingerprint density at radius 1 is 1.07 bits per heavy atom. The lowest BCUT2D eigenvalue weighted by Crippen LogP contribution is -2.50. The van der Waals surface area contributed by atoms with E-state index in [0.29, 0.717) is 17.3 Å². The molecule has 1 atom stereocenters. The lowest BCUT2D eigenvalue weighted by Gasteiger charge is -2.29. The first-order valence-electron chi connectivity index (χ1n) is 9.72. The van der Waals surface area contributed by atoms with Gasteiger partial charge in [0.15, 0.2) is 6.61 Å². The molecule has 0 radical (unpaired) electrons. The molecular weight excluding hydrogens is 388 g/mol. The maximum absolute atomic E-state index is 13.0. The first-order valence-corrected chi connectivity index (χ1v) is 10.1. The number of amides is 2. The Balaban J connectivity index is 2.18. The van der Waals surface area contributed by atoms with E-state index in [-0.39, 0.29) is 24.5 Å². The van der Waals surface area contributed by atoms with Gasteiger partial charge in [-0.25, -0.2) is 0 Å². The molecule has 0 bridgehead atoms. The van der Waals surface area contributed by atoms with Gasteiger partial charge in [-0.05, 0) is 69.5 Å². The summed E-state index contributed by atoms with van der Waals surface area (Å²) in [6.45, 7) is 9.56. The fourth-order valence-corrected chi connectivity index (χ4v) is 3.01. The largest absolute Gasteiger partial charge is 0.484 e. The lowest BCUT2D eigenvalue weighted by molar-refractivity contribution is -0.142. The minimum Gasteiger partial charge on any atom is -0.484 e. The highest BCUT2D eigenvalue weighted by Gasteiger charge is 2.27. The van der Waals surface area contributed by atoms with E-state index in [0.717, 1.165) is 16.7 Å². The molecule has 29 heavy (non-hydrogen) atoms. The second-order valence-electron chi connectivity index (χ2n) is 7.49. The van der Waals surface area contributed by atoms with E-state index in [9.17, 15) is 9.59 Å². The minimum atomic E-state index is -0.625. The van der Waals surface area contributed by atoms with Gasteiger partial charge in [-0.3, -0.25) is 9.59 Å². The van der Waals surface area contributed by atoms with Crippen LogP contribution in [0.3, 0.4) is 0 Å². The van der Waals surface area contributed by atoms with E-state index < -0.39 is 6.04 Å². The Morgan fingerprint density at radius 2 is 1.76 bits per heavy atom. The quantitative estimate of drug-likeness (QED) is 0.698. The molecule has 0 heterocycles. The summed E-state index contributed by atoms with van der Waals surface area (Å²) in [5.74, 6) is 0.118. The first kappa shape index (κ1) is 22.8. The van der Waals surface area contributed by atoms with E-state index in [1.54, 1.807) is 30.0 Å². The van der Waals surface area contributed by atoms with Gasteiger partial charge in [0.25, 0.3) is 5.91 Å². The van der Waals surface area contributed by atoms with Crippen molar-refractivity contribution < 1.29 is 14.3 Å². The van der Waals surface area contributed by atoms with Crippen LogP contribution in [-0.4, -0.2) is 35.4 Å². The first-order chi connectivity index (χ1) is 13.7. The molecule has 0 unspecified atom stereocenters. The zero-order valence-electron chi connectivity index (χ0n) is 17.7. The molecule has 0 spiro atoms. The van der Waals surface area contributed by atoms with Crippen molar-refractivity contribution in [2.24, 2.45) is 0 Å². The van der Waals surface area contributed by atoms with Gasteiger partial charge in [-0.1, -0.05) is 35.9 Å². The number of hydrogen-bond donors (Lipinski definition) is 1. The van der Waals surface area contributed by atoms with Crippen molar-refractivity contribution in [2.45, 2.75) is 53.2 Å². The van der Waals surface area contributed by atoms with E-state index in [1.807, 2.05) is 52.0 Å². The molecule has 0 aliphatic carbocycles. The highest BCUT2D eigenvalue weighted by atomic mass is 35.5. The van der Waals surface area contributed by atoms with Gasteiger partial charge in [-0.15, -0.1) is 0 Å². The highest BCUT2D eigenvalue weighted by molar-refractivity contribution is 6.31. The molecule has 2 amide bonds. The highest BCUT2D eigenvalue weighted by Crippen LogP contribution is 2.21. The summed E-state index contributed by atoms with van der Waals surface area (Å²) in [6.07, 6.45) is 0. The lowest BCUT2D eigenvalue weighted by atomic mass is 10.1. The molecular formula is C23H29ClN2O3. The van der Waals surface area contributed by atoms with Crippen LogP contribution in [-0.2, 0) is 16.1 Å². The zero-order chi connectivity index (χ0) is 21.6. The number of hydrogen-bond acceptors (Lipinski definition) is 3. The number of nitrogens with zero attached hydrogens (tertiary/aromatic N) is 1. The molecule has 0 fully saturated rings. The Bertz CT molecular complexity index is 867. The van der Waals surface area contributed by atoms with Crippen molar-refractivity contribution in [3.63, 3.8) is 0 Å². The monoisotopic (exact) mass is 416 g/mol. The van der Waals surface area contributed by atoms with Gasteiger partial charge in [0, 0.05) is 17.6 Å². The maximum Gasteiger partial charge on any atom is 0.261 e. The Hall–Kier alpha value is -2.53. The van der Waals surface area contributed by atoms with Crippen LogP contribution in [0.25, 0.3) is 0 Å². The Kier molecular flexibility index (Phi) is 8.09. The number of halogens is 1. The predicted molar refractivity (Wildman–Crippen MR) is 116 cm³/mol. The summed E-state index contributed by atoms with van der Waals surface area (Å²) in [4.78, 5) is 27.1. The summed E-state index contributed by atoms with van der Waals surface area (Å²) in [7, 11) is 0. The third-order valence-corrected chi connectivity index (χ3v) is 5.12. The van der Waals surface area contributed by atoms with E-state index in [4.69, 9.17) is 16.3 Å². The van der Waals surface area contributed by atoms with Crippen LogP contribution in [0, 0.1) is 13.8 Å². The molecule has 0 aliphatic rings. The van der Waals surface area contributed by atoms with Gasteiger partial charge in [0.2, 0.25) is 5.91 Å². The van der Waals surface area contributed by atoms with Gasteiger partial charge in [0.05, 0.1) is 0 Å². The number of nitrogens with one attached hydrogen (secondary N) is 1. The average molecular weight is 417 g/mol. The molecule has 5 nitrogen and oxygen atoms in total. The summed E-state index contributed by atoms with van der Waals surface area (Å²) in [5.41, 5.74) is 2.93. The summed E-state index contributed by atoms with van der Waals surface area (Å²) >= 11 is 6.04. The van der Waals surface area contributed by atoms with Crippen LogP contribution in [0.5, 0.6) is 5.75 Å². The van der Waals surface area contributed by atoms with Crippen molar-refractivity contribution in [3.05, 3.63) is 64.2 Å². The smallest absolute Gasteiger partial charge is 0.261 e. The Morgan fingerprint density at radius 3 is 2.38 bits per heavy atom. The normalized spacial score (nSPS) is 11.8. The predicted octanol–water partition coefficient (Wildman–Crippen LogP) is 4.28. The van der Waals surface area contributed by atoms with Crippen LogP contribution < -0.4 is 10.1 Å². The Labute approximate surface area is 178 Å². The van der Waals surface area contributed by atoms with Gasteiger partial charge >= 0.3 is 0 Å². The summed E-state index contributed by atoms with van der Waals surface area (Å²) in [5, 5.41) is 3.52. The van der Waals surface area contributed by atoms with Crippen molar-refractivity contribution in [3.8, 4) is 5.75 Å².